The van der Waals surface area contributed by atoms with Crippen LogP contribution in [0, 0.1) is 0 Å². The molecule has 1 aromatic rings. The third-order valence-electron chi connectivity index (χ3n) is 2.33. The predicted octanol–water partition coefficient (Wildman–Crippen LogP) is 0.824. The molecule has 0 amide bonds. The maximum Gasteiger partial charge on any atom is 0.341 e. The van der Waals surface area contributed by atoms with Crippen molar-refractivity contribution in [2.75, 3.05) is 20.2 Å². The number of methoxy groups -OCH3 is 1. The predicted molar refractivity (Wildman–Crippen MR) is 55.1 cm³/mol. The lowest BCUT2D eigenvalue weighted by Gasteiger charge is -2.28. The van der Waals surface area contributed by atoms with Crippen LogP contribution < -0.4 is 10.1 Å². The first-order valence-corrected chi connectivity index (χ1v) is 4.86. The molecular weight excluding hydrogens is 194 g/mol. The Hall–Kier alpha value is -1.55. The molecule has 80 valence electrons. The minimum absolute atomic E-state index is 0.163. The topological polar surface area (TPSA) is 47.6 Å². The van der Waals surface area contributed by atoms with Gasteiger partial charge in [0.05, 0.1) is 7.11 Å². The van der Waals surface area contributed by atoms with Crippen molar-refractivity contribution in [3.8, 4) is 5.75 Å². The largest absolute Gasteiger partial charge is 0.487 e. The van der Waals surface area contributed by atoms with Gasteiger partial charge in [-0.1, -0.05) is 12.1 Å². The first kappa shape index (κ1) is 9.98. The molecular formula is C11H13NO3. The number of nitrogens with one attached hydrogen (secondary N) is 1. The van der Waals surface area contributed by atoms with Crippen LogP contribution in [0.3, 0.4) is 0 Å². The van der Waals surface area contributed by atoms with Crippen LogP contribution in [0.25, 0.3) is 0 Å². The van der Waals surface area contributed by atoms with E-state index in [9.17, 15) is 4.79 Å². The Balaban J connectivity index is 2.16. The number of rotatable bonds is 3. The molecule has 2 rings (SSSR count). The second kappa shape index (κ2) is 4.31. The summed E-state index contributed by atoms with van der Waals surface area (Å²) in [5.74, 6) is 0.230. The highest BCUT2D eigenvalue weighted by atomic mass is 16.5. The fourth-order valence-corrected chi connectivity index (χ4v) is 1.37. The van der Waals surface area contributed by atoms with Crippen LogP contribution in [0.15, 0.2) is 24.3 Å². The molecule has 1 aromatic carbocycles. The molecule has 4 heteroatoms. The SMILES string of the molecule is COC(=O)c1ccccc1OC1CNC1. The van der Waals surface area contributed by atoms with Gasteiger partial charge in [-0.2, -0.15) is 0 Å². The Morgan fingerprint density at radius 3 is 2.73 bits per heavy atom. The molecule has 0 unspecified atom stereocenters. The van der Waals surface area contributed by atoms with E-state index >= 15 is 0 Å². The summed E-state index contributed by atoms with van der Waals surface area (Å²) in [4.78, 5) is 11.4. The van der Waals surface area contributed by atoms with Crippen molar-refractivity contribution in [3.05, 3.63) is 29.8 Å². The lowest BCUT2D eigenvalue weighted by molar-refractivity contribution is 0.0589. The van der Waals surface area contributed by atoms with Gasteiger partial charge in [0.1, 0.15) is 17.4 Å². The third kappa shape index (κ3) is 2.10. The van der Waals surface area contributed by atoms with Gasteiger partial charge in [-0.3, -0.25) is 0 Å². The Morgan fingerprint density at radius 1 is 1.40 bits per heavy atom. The molecule has 1 saturated heterocycles. The Labute approximate surface area is 88.2 Å². The monoisotopic (exact) mass is 207 g/mol. The van der Waals surface area contributed by atoms with Gasteiger partial charge >= 0.3 is 5.97 Å². The van der Waals surface area contributed by atoms with Crippen molar-refractivity contribution < 1.29 is 14.3 Å². The molecule has 0 bridgehead atoms. The zero-order valence-electron chi connectivity index (χ0n) is 8.53. The van der Waals surface area contributed by atoms with Gasteiger partial charge in [0.25, 0.3) is 0 Å². The van der Waals surface area contributed by atoms with E-state index in [1.165, 1.54) is 7.11 Å². The summed E-state index contributed by atoms with van der Waals surface area (Å²) >= 11 is 0. The van der Waals surface area contributed by atoms with Crippen LogP contribution in [0.4, 0.5) is 0 Å². The quantitative estimate of drug-likeness (QED) is 0.745. The highest BCUT2D eigenvalue weighted by molar-refractivity contribution is 5.92. The lowest BCUT2D eigenvalue weighted by Crippen LogP contribution is -2.50. The van der Waals surface area contributed by atoms with Crippen molar-refractivity contribution in [1.29, 1.82) is 0 Å². The molecule has 15 heavy (non-hydrogen) atoms. The van der Waals surface area contributed by atoms with Gasteiger partial charge in [-0.25, -0.2) is 4.79 Å². The van der Waals surface area contributed by atoms with Gasteiger partial charge in [0.15, 0.2) is 0 Å². The second-order valence-electron chi connectivity index (χ2n) is 3.39. The first-order chi connectivity index (χ1) is 7.31. The summed E-state index contributed by atoms with van der Waals surface area (Å²) in [7, 11) is 1.37. The standard InChI is InChI=1S/C11H13NO3/c1-14-11(13)9-4-2-3-5-10(9)15-8-6-12-7-8/h2-5,8,12H,6-7H2,1H3. The molecule has 1 heterocycles. The van der Waals surface area contributed by atoms with Gasteiger partial charge < -0.3 is 14.8 Å². The van der Waals surface area contributed by atoms with E-state index in [1.807, 2.05) is 6.07 Å². The van der Waals surface area contributed by atoms with Crippen LogP contribution in [-0.4, -0.2) is 32.3 Å². The fourth-order valence-electron chi connectivity index (χ4n) is 1.37. The number of carbonyl (C=O) groups excluding carboxylic acids is 1. The van der Waals surface area contributed by atoms with Crippen molar-refractivity contribution in [2.24, 2.45) is 0 Å². The number of carbonyl (C=O) groups is 1. The second-order valence-corrected chi connectivity index (χ2v) is 3.39. The minimum Gasteiger partial charge on any atom is -0.487 e. The summed E-state index contributed by atoms with van der Waals surface area (Å²) < 4.78 is 10.3. The highest BCUT2D eigenvalue weighted by Gasteiger charge is 2.21. The van der Waals surface area contributed by atoms with Gasteiger partial charge in [0, 0.05) is 13.1 Å². The maximum absolute atomic E-state index is 11.4. The average Bonchev–Trinajstić information content (AvgIpc) is 2.23. The van der Waals surface area contributed by atoms with Gasteiger partial charge in [-0.05, 0) is 12.1 Å². The van der Waals surface area contributed by atoms with Gasteiger partial charge in [-0.15, -0.1) is 0 Å². The molecule has 0 radical (unpaired) electrons. The number of ether oxygens (including phenoxy) is 2. The number of hydrogen-bond donors (Lipinski definition) is 1. The Bertz CT molecular complexity index is 361. The lowest BCUT2D eigenvalue weighted by atomic mass is 10.2. The van der Waals surface area contributed by atoms with Crippen LogP contribution in [0.2, 0.25) is 0 Å². The van der Waals surface area contributed by atoms with E-state index in [0.29, 0.717) is 11.3 Å². The summed E-state index contributed by atoms with van der Waals surface area (Å²) in [6.07, 6.45) is 0.163. The number of hydrogen-bond acceptors (Lipinski definition) is 4. The van der Waals surface area contributed by atoms with E-state index in [0.717, 1.165) is 13.1 Å². The maximum atomic E-state index is 11.4. The summed E-state index contributed by atoms with van der Waals surface area (Å²) in [5.41, 5.74) is 0.479. The van der Waals surface area contributed by atoms with Crippen LogP contribution in [0.1, 0.15) is 10.4 Å². The Kier molecular flexibility index (Phi) is 2.87. The first-order valence-electron chi connectivity index (χ1n) is 4.86. The molecule has 0 aromatic heterocycles. The normalized spacial score (nSPS) is 15.5. The zero-order chi connectivity index (χ0) is 10.7. The number of esters is 1. The molecule has 0 aliphatic carbocycles. The zero-order valence-corrected chi connectivity index (χ0v) is 8.53. The Morgan fingerprint density at radius 2 is 2.13 bits per heavy atom. The van der Waals surface area contributed by atoms with Crippen molar-refractivity contribution >= 4 is 5.97 Å². The van der Waals surface area contributed by atoms with Crippen molar-refractivity contribution in [3.63, 3.8) is 0 Å². The summed E-state index contributed by atoms with van der Waals surface area (Å²) in [6.45, 7) is 1.66. The van der Waals surface area contributed by atoms with Crippen LogP contribution >= 0.6 is 0 Å². The minimum atomic E-state index is -0.363. The molecule has 1 fully saturated rings. The molecule has 0 spiro atoms. The van der Waals surface area contributed by atoms with Crippen LogP contribution in [0.5, 0.6) is 5.75 Å². The average molecular weight is 207 g/mol. The van der Waals surface area contributed by atoms with E-state index in [4.69, 9.17) is 4.74 Å². The van der Waals surface area contributed by atoms with E-state index < -0.39 is 0 Å². The van der Waals surface area contributed by atoms with Gasteiger partial charge in [0.2, 0.25) is 0 Å². The summed E-state index contributed by atoms with van der Waals surface area (Å²) in [6, 6.07) is 7.11. The van der Waals surface area contributed by atoms with Crippen molar-refractivity contribution in [2.45, 2.75) is 6.10 Å². The molecule has 1 aliphatic heterocycles. The molecule has 4 nitrogen and oxygen atoms in total. The number of benzene rings is 1. The van der Waals surface area contributed by atoms with E-state index in [-0.39, 0.29) is 12.1 Å². The number of para-hydroxylation sites is 1. The third-order valence-corrected chi connectivity index (χ3v) is 2.33. The highest BCUT2D eigenvalue weighted by Crippen LogP contribution is 2.20. The molecule has 0 saturated carbocycles. The molecule has 0 atom stereocenters. The van der Waals surface area contributed by atoms with Crippen LogP contribution in [-0.2, 0) is 4.74 Å². The van der Waals surface area contributed by atoms with Crippen molar-refractivity contribution in [1.82, 2.24) is 5.32 Å². The molecule has 1 N–H and O–H groups in total. The van der Waals surface area contributed by atoms with E-state index in [1.54, 1.807) is 18.2 Å². The smallest absolute Gasteiger partial charge is 0.341 e. The van der Waals surface area contributed by atoms with E-state index in [2.05, 4.69) is 10.1 Å². The molecule has 1 aliphatic rings. The fraction of sp³-hybridized carbons (Fsp3) is 0.364. The summed E-state index contributed by atoms with van der Waals surface area (Å²) in [5, 5.41) is 3.10.